The molecule has 3 aliphatic rings. The molecule has 0 radical (unpaired) electrons. The van der Waals surface area contributed by atoms with E-state index in [1.165, 1.54) is 21.0 Å². The van der Waals surface area contributed by atoms with Crippen molar-refractivity contribution in [1.29, 1.82) is 0 Å². The number of hydrogen-bond donors (Lipinski definition) is 3. The molecule has 2 aliphatic heterocycles. The van der Waals surface area contributed by atoms with Crippen LogP contribution in [0.1, 0.15) is 113 Å². The number of ether oxygens (including phenoxy) is 4. The van der Waals surface area contributed by atoms with Crippen LogP contribution < -0.4 is 0 Å². The molecule has 3 fully saturated rings. The minimum Gasteiger partial charge on any atom is -0.459 e. The topological polar surface area (TPSA) is 157 Å². The summed E-state index contributed by atoms with van der Waals surface area (Å²) >= 11 is 0. The Morgan fingerprint density at radius 2 is 1.71 bits per heavy atom. The summed E-state index contributed by atoms with van der Waals surface area (Å²) in [5.41, 5.74) is -2.58. The molecule has 0 aromatic rings. The minimum absolute atomic E-state index is 0.0663. The first-order valence-electron chi connectivity index (χ1n) is 19.0. The van der Waals surface area contributed by atoms with Crippen molar-refractivity contribution in [3.05, 3.63) is 0 Å². The van der Waals surface area contributed by atoms with E-state index in [2.05, 4.69) is 11.1 Å². The van der Waals surface area contributed by atoms with Gasteiger partial charge in [-0.05, 0) is 79.7 Å². The van der Waals surface area contributed by atoms with Gasteiger partial charge in [0.1, 0.15) is 29.8 Å². The quantitative estimate of drug-likeness (QED) is 0.135. The number of rotatable bonds is 9. The molecule has 3 rings (SSSR count). The van der Waals surface area contributed by atoms with Crippen LogP contribution in [-0.2, 0) is 33.4 Å². The van der Waals surface area contributed by atoms with E-state index in [0.717, 1.165) is 32.1 Å². The van der Waals surface area contributed by atoms with Gasteiger partial charge in [0.25, 0.3) is 0 Å². The normalized spacial score (nSPS) is 41.9. The van der Waals surface area contributed by atoms with Crippen LogP contribution in [0.5, 0.6) is 0 Å². The van der Waals surface area contributed by atoms with E-state index in [1.807, 2.05) is 32.7 Å². The number of aliphatic hydroxyl groups excluding tert-OH is 2. The molecular weight excluding hydrogens is 656 g/mol. The van der Waals surface area contributed by atoms with Crippen LogP contribution >= 0.6 is 0 Å². The molecule has 0 spiro atoms. The van der Waals surface area contributed by atoms with Gasteiger partial charge in [-0.25, -0.2) is 0 Å². The third-order valence-electron chi connectivity index (χ3n) is 11.7. The molecule has 2 heterocycles. The lowest BCUT2D eigenvalue weighted by atomic mass is 9.74. The van der Waals surface area contributed by atoms with Crippen LogP contribution in [0.2, 0.25) is 0 Å². The number of esters is 1. The van der Waals surface area contributed by atoms with Gasteiger partial charge < -0.3 is 39.1 Å². The molecule has 1 saturated carbocycles. The van der Waals surface area contributed by atoms with Crippen molar-refractivity contribution in [1.82, 2.24) is 4.90 Å². The maximum atomic E-state index is 14.2. The molecule has 2 saturated heterocycles. The van der Waals surface area contributed by atoms with E-state index in [1.54, 1.807) is 20.8 Å². The highest BCUT2D eigenvalue weighted by Gasteiger charge is 2.51. The van der Waals surface area contributed by atoms with Gasteiger partial charge in [0.05, 0.1) is 29.6 Å². The van der Waals surface area contributed by atoms with Crippen molar-refractivity contribution in [3.63, 3.8) is 0 Å². The molecule has 1 aliphatic carbocycles. The van der Waals surface area contributed by atoms with Gasteiger partial charge in [-0.2, -0.15) is 0 Å². The lowest BCUT2D eigenvalue weighted by Gasteiger charge is -2.47. The van der Waals surface area contributed by atoms with Crippen LogP contribution in [-0.4, -0.2) is 119 Å². The van der Waals surface area contributed by atoms with Crippen LogP contribution in [0.25, 0.3) is 0 Å². The molecule has 292 valence electrons. The number of nitrogens with zero attached hydrogens (tertiary/aromatic N) is 2. The third-order valence-corrected chi connectivity index (χ3v) is 11.7. The number of carbonyl (C=O) groups is 2. The molecular formula is C39H66N2O10. The summed E-state index contributed by atoms with van der Waals surface area (Å²) < 4.78 is 24.9. The smallest absolute Gasteiger partial charge is 0.316 e. The van der Waals surface area contributed by atoms with Crippen molar-refractivity contribution in [3.8, 4) is 12.3 Å². The van der Waals surface area contributed by atoms with Crippen molar-refractivity contribution in [2.24, 2.45) is 28.8 Å². The van der Waals surface area contributed by atoms with Crippen LogP contribution in [0, 0.1) is 36.0 Å². The first kappa shape index (κ1) is 43.3. The zero-order chi connectivity index (χ0) is 38.3. The number of methoxy groups -OCH3 is 1. The van der Waals surface area contributed by atoms with E-state index < -0.39 is 77.3 Å². The zero-order valence-electron chi connectivity index (χ0n) is 32.7. The molecule has 12 heteroatoms. The average molecular weight is 723 g/mol. The Labute approximate surface area is 305 Å². The predicted octanol–water partition coefficient (Wildman–Crippen LogP) is 4.25. The highest BCUT2D eigenvalue weighted by atomic mass is 16.7. The molecule has 12 nitrogen and oxygen atoms in total. The second-order valence-corrected chi connectivity index (χ2v) is 15.8. The minimum atomic E-state index is -1.88. The van der Waals surface area contributed by atoms with Gasteiger partial charge in [0, 0.05) is 43.9 Å². The van der Waals surface area contributed by atoms with E-state index in [0.29, 0.717) is 25.1 Å². The SMILES string of the molecule is C#CCCN(C)[C@H]1C[C@@H](C)O[C@@H](O[C@@H]2[C@@H](C)C(=O)[C@@H](C)C(=O)O[C@H](CC)[C@@](C)(O)[C@H](O)[C@@H](C)/C(=N\OC3CCCCC3)[C@H](C)C[C@@]2(C)OC)[C@@H]1O. The zero-order valence-corrected chi connectivity index (χ0v) is 32.7. The Morgan fingerprint density at radius 1 is 1.06 bits per heavy atom. The molecule has 0 amide bonds. The van der Waals surface area contributed by atoms with Gasteiger partial charge in [-0.15, -0.1) is 12.3 Å². The maximum absolute atomic E-state index is 14.2. The van der Waals surface area contributed by atoms with Gasteiger partial charge in [-0.1, -0.05) is 39.3 Å². The number of aliphatic hydroxyl groups is 3. The lowest BCUT2D eigenvalue weighted by molar-refractivity contribution is -0.295. The number of likely N-dealkylation sites (N-methyl/N-ethyl adjacent to an activating group) is 1. The van der Waals surface area contributed by atoms with E-state index in [-0.39, 0.29) is 31.1 Å². The van der Waals surface area contributed by atoms with Crippen molar-refractivity contribution in [2.45, 2.75) is 173 Å². The molecule has 0 aromatic heterocycles. The summed E-state index contributed by atoms with van der Waals surface area (Å²) in [6.45, 7) is 14.4. The second-order valence-electron chi connectivity index (χ2n) is 15.8. The number of cyclic esters (lactones) is 1. The molecule has 13 atom stereocenters. The third kappa shape index (κ3) is 10.3. The largest absolute Gasteiger partial charge is 0.459 e. The Hall–Kier alpha value is -2.11. The van der Waals surface area contributed by atoms with Crippen molar-refractivity contribution in [2.75, 3.05) is 20.7 Å². The summed E-state index contributed by atoms with van der Waals surface area (Å²) in [6, 6.07) is -0.324. The van der Waals surface area contributed by atoms with E-state index >= 15 is 0 Å². The fourth-order valence-corrected chi connectivity index (χ4v) is 8.25. The number of ketones is 1. The Bertz CT molecular complexity index is 1210. The highest BCUT2D eigenvalue weighted by Crippen LogP contribution is 2.39. The first-order valence-corrected chi connectivity index (χ1v) is 19.0. The molecule has 3 N–H and O–H groups in total. The summed E-state index contributed by atoms with van der Waals surface area (Å²) in [5.74, 6) is -1.94. The number of carbonyl (C=O) groups excluding carboxylic acids is 2. The Morgan fingerprint density at radius 3 is 2.29 bits per heavy atom. The monoisotopic (exact) mass is 722 g/mol. The number of Topliss-reactive ketones (excluding diaryl/α,β-unsaturated/α-hetero) is 1. The van der Waals surface area contributed by atoms with Gasteiger partial charge in [-0.3, -0.25) is 14.5 Å². The summed E-state index contributed by atoms with van der Waals surface area (Å²) in [5, 5.41) is 39.8. The van der Waals surface area contributed by atoms with Crippen molar-refractivity contribution >= 4 is 17.5 Å². The standard InChI is InChI=1S/C39H66N2O10/c1-12-14-20-41(10)29-21-24(4)48-37(33(29)43)50-35-26(6)32(42)27(7)36(45)49-30(13-2)39(9,46)34(44)25(5)31(23(3)22-38(35,8)47-11)40-51-28-18-16-15-17-19-28/h1,23-30,33-35,37,43-44,46H,13-22H2,2-11H3/b40-31-/t23-,24-,25+,26+,27-,29+,30-,33-,34-,35-,37+,38-,39-/m1/s1. The first-order chi connectivity index (χ1) is 23.9. The van der Waals surface area contributed by atoms with Crippen molar-refractivity contribution < 1.29 is 48.7 Å². The Balaban J connectivity index is 2.12. The van der Waals surface area contributed by atoms with Crippen LogP contribution in [0.4, 0.5) is 0 Å². The van der Waals surface area contributed by atoms with E-state index in [4.69, 9.17) is 30.2 Å². The fourth-order valence-electron chi connectivity index (χ4n) is 8.25. The van der Waals surface area contributed by atoms with Crippen LogP contribution in [0.3, 0.4) is 0 Å². The van der Waals surface area contributed by atoms with Gasteiger partial charge in [0.2, 0.25) is 0 Å². The molecule has 0 unspecified atom stereocenters. The summed E-state index contributed by atoms with van der Waals surface area (Å²) in [4.78, 5) is 35.9. The molecule has 51 heavy (non-hydrogen) atoms. The predicted molar refractivity (Wildman–Crippen MR) is 194 cm³/mol. The average Bonchev–Trinajstić information content (AvgIpc) is 3.11. The second kappa shape index (κ2) is 18.8. The van der Waals surface area contributed by atoms with Gasteiger partial charge in [0.15, 0.2) is 12.1 Å². The highest BCUT2D eigenvalue weighted by molar-refractivity contribution is 6.00. The fraction of sp³-hybridized carbons (Fsp3) is 0.872. The number of hydrogen-bond acceptors (Lipinski definition) is 12. The van der Waals surface area contributed by atoms with Gasteiger partial charge >= 0.3 is 5.97 Å². The van der Waals surface area contributed by atoms with E-state index in [9.17, 15) is 24.9 Å². The molecule has 0 bridgehead atoms. The summed E-state index contributed by atoms with van der Waals surface area (Å²) in [7, 11) is 3.43. The molecule has 0 aromatic carbocycles. The maximum Gasteiger partial charge on any atom is 0.316 e. The Kier molecular flexibility index (Phi) is 15.9. The number of oxime groups is 1. The van der Waals surface area contributed by atoms with Crippen LogP contribution in [0.15, 0.2) is 5.16 Å². The lowest BCUT2D eigenvalue weighted by Crippen LogP contribution is -2.60. The number of terminal acetylenes is 1. The summed E-state index contributed by atoms with van der Waals surface area (Å²) in [6.07, 6.45) is 5.92.